The van der Waals surface area contributed by atoms with Crippen molar-refractivity contribution in [1.29, 1.82) is 0 Å². The molecule has 0 aromatic carbocycles. The number of allylic oxidation sites excluding steroid dienone is 1. The van der Waals surface area contributed by atoms with Gasteiger partial charge in [0.25, 0.3) is 0 Å². The molecule has 31 heavy (non-hydrogen) atoms. The Labute approximate surface area is 176 Å². The van der Waals surface area contributed by atoms with E-state index in [0.29, 0.717) is 5.57 Å². The summed E-state index contributed by atoms with van der Waals surface area (Å²) >= 11 is 0. The first-order valence-electron chi connectivity index (χ1n) is 10.2. The number of rotatable bonds is 1. The minimum Gasteiger partial charge on any atom is -0.460 e. The average Bonchev–Trinajstić information content (AvgIpc) is 3.04. The third-order valence-electron chi connectivity index (χ3n) is 8.98. The van der Waals surface area contributed by atoms with Gasteiger partial charge in [0, 0.05) is 11.3 Å². The lowest BCUT2D eigenvalue weighted by atomic mass is 9.35. The highest BCUT2D eigenvalue weighted by molar-refractivity contribution is 5.96. The maximum Gasteiger partial charge on any atom is 0.338 e. The molecule has 2 bridgehead atoms. The Morgan fingerprint density at radius 3 is 2.39 bits per heavy atom. The predicted octanol–water partition coefficient (Wildman–Crippen LogP) is -3.66. The molecule has 0 aromatic rings. The predicted molar refractivity (Wildman–Crippen MR) is 96.7 cm³/mol. The summed E-state index contributed by atoms with van der Waals surface area (Å²) < 4.78 is 11.0. The van der Waals surface area contributed by atoms with Gasteiger partial charge in [-0.1, -0.05) is 12.5 Å². The van der Waals surface area contributed by atoms with Crippen molar-refractivity contribution in [2.75, 3.05) is 13.2 Å². The molecule has 7 N–H and O–H groups in total. The molecule has 11 nitrogen and oxygen atoms in total. The van der Waals surface area contributed by atoms with Crippen LogP contribution in [0.5, 0.6) is 0 Å². The van der Waals surface area contributed by atoms with Crippen LogP contribution in [0.4, 0.5) is 0 Å². The first-order valence-corrected chi connectivity index (χ1v) is 10.2. The third kappa shape index (κ3) is 1.84. The molecular weight excluding hydrogens is 416 g/mol. The van der Waals surface area contributed by atoms with Crippen LogP contribution in [0.15, 0.2) is 11.6 Å². The topological polar surface area (TPSA) is 194 Å². The van der Waals surface area contributed by atoms with Crippen molar-refractivity contribution in [3.05, 3.63) is 11.6 Å². The molecule has 172 valence electrons. The van der Waals surface area contributed by atoms with E-state index >= 15 is 0 Å². The fraction of sp³-hybridized carbons (Fsp3) is 0.800. The minimum absolute atomic E-state index is 0.0164. The molecule has 2 saturated heterocycles. The Morgan fingerprint density at radius 1 is 1.13 bits per heavy atom. The summed E-state index contributed by atoms with van der Waals surface area (Å²) in [5, 5.41) is 77.4. The van der Waals surface area contributed by atoms with Gasteiger partial charge in [-0.2, -0.15) is 0 Å². The van der Waals surface area contributed by atoms with Gasteiger partial charge in [-0.15, -0.1) is 0 Å². The number of fused-ring (bicyclic) bond motifs is 1. The van der Waals surface area contributed by atoms with Gasteiger partial charge in [0.2, 0.25) is 0 Å². The lowest BCUT2D eigenvalue weighted by Gasteiger charge is -2.71. The van der Waals surface area contributed by atoms with E-state index < -0.39 is 89.0 Å². The summed E-state index contributed by atoms with van der Waals surface area (Å²) in [6.07, 6.45) is -6.46. The van der Waals surface area contributed by atoms with Crippen LogP contribution in [0.25, 0.3) is 0 Å². The summed E-state index contributed by atoms with van der Waals surface area (Å²) in [6, 6.07) is 0. The number of aliphatic hydroxyl groups excluding tert-OH is 4. The Bertz CT molecular complexity index is 919. The number of hydrogen-bond acceptors (Lipinski definition) is 11. The minimum atomic E-state index is -2.98. The van der Waals surface area contributed by atoms with Gasteiger partial charge in [-0.3, -0.25) is 4.79 Å². The standard InChI is InChI=1S/C20H26O11/c1-7-3-9(22)11(23)16(2)8(7)4-10-17-6-30-19(28,14(16)17)15(26)18(27,5-21)20(17,29)12(24)13(25)31-10/h3,8,10-12,14-15,21,23-24,26-29H,4-6H2,1-2H3/t8-,10+,11+,12+,14+,15+,16+,17+,18+,19+,20-/m0/s1. The molecule has 0 unspecified atom stereocenters. The van der Waals surface area contributed by atoms with Gasteiger partial charge in [0.15, 0.2) is 23.3 Å². The molecule has 5 rings (SSSR count). The fourth-order valence-corrected chi connectivity index (χ4v) is 7.66. The van der Waals surface area contributed by atoms with Gasteiger partial charge < -0.3 is 45.2 Å². The summed E-state index contributed by atoms with van der Waals surface area (Å²) in [5.74, 6) is -6.66. The lowest BCUT2D eigenvalue weighted by Crippen LogP contribution is -2.90. The molecule has 3 aliphatic carbocycles. The second-order valence-corrected chi connectivity index (χ2v) is 9.94. The monoisotopic (exact) mass is 442 g/mol. The number of ether oxygens (including phenoxy) is 2. The molecule has 4 fully saturated rings. The van der Waals surface area contributed by atoms with E-state index in [1.807, 2.05) is 0 Å². The van der Waals surface area contributed by atoms with E-state index in [1.54, 1.807) is 6.92 Å². The van der Waals surface area contributed by atoms with Crippen molar-refractivity contribution in [3.63, 3.8) is 0 Å². The smallest absolute Gasteiger partial charge is 0.338 e. The van der Waals surface area contributed by atoms with Crippen LogP contribution in [0.2, 0.25) is 0 Å². The van der Waals surface area contributed by atoms with Crippen molar-refractivity contribution in [2.24, 2.45) is 22.7 Å². The zero-order chi connectivity index (χ0) is 22.9. The average molecular weight is 442 g/mol. The summed E-state index contributed by atoms with van der Waals surface area (Å²) in [5.41, 5.74) is -8.85. The molecule has 11 atom stereocenters. The fourth-order valence-electron chi connectivity index (χ4n) is 7.66. The number of aliphatic hydroxyl groups is 7. The van der Waals surface area contributed by atoms with Gasteiger partial charge in [0.1, 0.15) is 23.9 Å². The quantitative estimate of drug-likeness (QED) is 0.198. The molecule has 5 aliphatic rings. The van der Waals surface area contributed by atoms with Gasteiger partial charge in [-0.25, -0.2) is 4.79 Å². The van der Waals surface area contributed by atoms with Crippen LogP contribution in [0.3, 0.4) is 0 Å². The molecule has 0 radical (unpaired) electrons. The number of carbonyl (C=O) groups excluding carboxylic acids is 2. The van der Waals surface area contributed by atoms with Crippen molar-refractivity contribution in [3.8, 4) is 0 Å². The Kier molecular flexibility index (Phi) is 3.95. The lowest BCUT2D eigenvalue weighted by molar-refractivity contribution is -0.416. The zero-order valence-electron chi connectivity index (χ0n) is 16.9. The van der Waals surface area contributed by atoms with Crippen LogP contribution in [-0.2, 0) is 19.1 Å². The summed E-state index contributed by atoms with van der Waals surface area (Å²) in [7, 11) is 0. The molecular formula is C20H26O11. The summed E-state index contributed by atoms with van der Waals surface area (Å²) in [4.78, 5) is 25.1. The van der Waals surface area contributed by atoms with Crippen LogP contribution in [0, 0.1) is 22.7 Å². The highest BCUT2D eigenvalue weighted by Gasteiger charge is 2.91. The molecule has 2 saturated carbocycles. The molecule has 0 amide bonds. The van der Waals surface area contributed by atoms with Crippen molar-refractivity contribution >= 4 is 11.8 Å². The number of esters is 1. The maximum absolute atomic E-state index is 12.6. The van der Waals surface area contributed by atoms with Crippen molar-refractivity contribution in [1.82, 2.24) is 0 Å². The third-order valence-corrected chi connectivity index (χ3v) is 8.98. The Balaban J connectivity index is 1.87. The van der Waals surface area contributed by atoms with Gasteiger partial charge >= 0.3 is 5.97 Å². The molecule has 2 heterocycles. The van der Waals surface area contributed by atoms with Crippen molar-refractivity contribution in [2.45, 2.75) is 61.7 Å². The maximum atomic E-state index is 12.6. The molecule has 2 aliphatic heterocycles. The molecule has 1 spiro atoms. The van der Waals surface area contributed by atoms with Gasteiger partial charge in [0.05, 0.1) is 18.6 Å². The first kappa shape index (κ1) is 21.4. The first-order chi connectivity index (χ1) is 14.3. The van der Waals surface area contributed by atoms with Crippen molar-refractivity contribution < 1.29 is 54.8 Å². The highest BCUT2D eigenvalue weighted by atomic mass is 16.7. The van der Waals surface area contributed by atoms with E-state index in [4.69, 9.17) is 9.47 Å². The Hall–Kier alpha value is -1.44. The van der Waals surface area contributed by atoms with Crippen LogP contribution in [0.1, 0.15) is 20.3 Å². The van der Waals surface area contributed by atoms with Crippen LogP contribution in [-0.4, -0.2) is 102 Å². The van der Waals surface area contributed by atoms with Crippen LogP contribution < -0.4 is 0 Å². The van der Waals surface area contributed by atoms with E-state index in [9.17, 15) is 45.3 Å². The molecule has 11 heteroatoms. The summed E-state index contributed by atoms with van der Waals surface area (Å²) in [6.45, 7) is 1.23. The zero-order valence-corrected chi connectivity index (χ0v) is 16.9. The highest BCUT2D eigenvalue weighted by Crippen LogP contribution is 2.75. The number of carbonyl (C=O) groups is 2. The second-order valence-electron chi connectivity index (χ2n) is 9.94. The van der Waals surface area contributed by atoms with E-state index in [0.717, 1.165) is 0 Å². The number of hydrogen-bond donors (Lipinski definition) is 7. The van der Waals surface area contributed by atoms with E-state index in [-0.39, 0.29) is 6.42 Å². The van der Waals surface area contributed by atoms with Gasteiger partial charge in [-0.05, 0) is 25.3 Å². The Morgan fingerprint density at radius 2 is 1.77 bits per heavy atom. The van der Waals surface area contributed by atoms with E-state index in [2.05, 4.69) is 0 Å². The number of ketones is 1. The molecule has 0 aromatic heterocycles. The SMILES string of the molecule is CC1=CC(=O)[C@@H](O)[C@]2(C)[C@H]3[C@@]4(O)OC[C@@]35[C@@H](C[C@@H]12)OC(=O)[C@@H](O)[C@@]5(O)[C@@](O)(CO)[C@H]4O. The second kappa shape index (κ2) is 5.72. The largest absolute Gasteiger partial charge is 0.460 e. The normalized spacial score (nSPS) is 60.1. The van der Waals surface area contributed by atoms with E-state index in [1.165, 1.54) is 13.0 Å². The van der Waals surface area contributed by atoms with Crippen LogP contribution >= 0.6 is 0 Å².